The molecule has 0 unspecified atom stereocenters. The zero-order valence-corrected chi connectivity index (χ0v) is 32.8. The molecule has 0 aromatic carbocycles. The van der Waals surface area contributed by atoms with Crippen LogP contribution in [0.2, 0.25) is 0 Å². The summed E-state index contributed by atoms with van der Waals surface area (Å²) in [6.45, 7) is 44.8. The third kappa shape index (κ3) is 28.6. The van der Waals surface area contributed by atoms with Crippen LogP contribution in [0.3, 0.4) is 0 Å². The lowest BCUT2D eigenvalue weighted by Crippen LogP contribution is -2.41. The summed E-state index contributed by atoms with van der Waals surface area (Å²) in [5.74, 6) is 0. The molecule has 0 N–H and O–H groups in total. The Balaban J connectivity index is -0.000000213. The maximum atomic E-state index is 2.59. The Labute approximate surface area is 270 Å². The van der Waals surface area contributed by atoms with Crippen LogP contribution in [0.15, 0.2) is 0 Å². The van der Waals surface area contributed by atoms with Crippen LogP contribution in [0.5, 0.6) is 0 Å². The lowest BCUT2D eigenvalue weighted by molar-refractivity contribution is 0.138. The number of nitrogens with zero attached hydrogens (tertiary/aromatic N) is 4. The van der Waals surface area contributed by atoms with Gasteiger partial charge in [0.2, 0.25) is 0 Å². The van der Waals surface area contributed by atoms with Crippen molar-refractivity contribution in [3.8, 4) is 0 Å². The Kier molecular flexibility index (Phi) is 43.0. The van der Waals surface area contributed by atoms with Crippen molar-refractivity contribution in [2.75, 3.05) is 52.4 Å². The van der Waals surface area contributed by atoms with E-state index in [0.29, 0.717) is 0 Å². The summed E-state index contributed by atoms with van der Waals surface area (Å²) >= 11 is 0. The Morgan fingerprint density at radius 3 is 0.524 bits per heavy atom. The van der Waals surface area contributed by atoms with Gasteiger partial charge in [0.05, 0.1) is 0 Å². The van der Waals surface area contributed by atoms with Crippen molar-refractivity contribution < 1.29 is 0 Å². The number of likely N-dealkylation sites (tertiary alicyclic amines) is 4. The molecular formula is C38H88N4. The fourth-order valence-electron chi connectivity index (χ4n) is 5.16. The first-order valence-corrected chi connectivity index (χ1v) is 19.2. The third-order valence-electron chi connectivity index (χ3n) is 7.98. The summed E-state index contributed by atoms with van der Waals surface area (Å²) in [6, 6.07) is 3.09. The van der Waals surface area contributed by atoms with Crippen LogP contribution in [0, 0.1) is 0 Å². The van der Waals surface area contributed by atoms with E-state index in [4.69, 9.17) is 0 Å². The Morgan fingerprint density at radius 1 is 0.238 bits per heavy atom. The molecule has 4 nitrogen and oxygen atoms in total. The van der Waals surface area contributed by atoms with Crippen LogP contribution in [0.25, 0.3) is 0 Å². The Morgan fingerprint density at radius 2 is 0.381 bits per heavy atom. The smallest absolute Gasteiger partial charge is 0.00386 e. The molecule has 0 bridgehead atoms. The van der Waals surface area contributed by atoms with Gasteiger partial charge in [0.1, 0.15) is 0 Å². The molecular weight excluding hydrogens is 512 g/mol. The van der Waals surface area contributed by atoms with E-state index in [1.807, 2.05) is 55.4 Å². The van der Waals surface area contributed by atoms with Gasteiger partial charge in [0, 0.05) is 24.2 Å². The van der Waals surface area contributed by atoms with E-state index in [0.717, 1.165) is 24.2 Å². The van der Waals surface area contributed by atoms with Crippen LogP contribution in [0.4, 0.5) is 0 Å². The second-order valence-corrected chi connectivity index (χ2v) is 12.1. The standard InChI is InChI=1S/C9H19N.C8H17N.C7H15N.C6H13N.4C2H6/c1-9(2)10-7-5-3-4-6-8-10;1-8(2)9-6-4-3-5-7-9;1-7(2)8-5-3-4-6-8;1-6(2)7-4-3-5-7;4*1-2/h9H,3-8H2,1-2H3;8H,3-7H2,1-2H3;7H,3-6H2,1-2H3;6H,3-5H2,1-2H3;4*1-2H3. The Hall–Kier alpha value is -0.160. The first kappa shape index (κ1) is 48.7. The molecule has 0 aromatic heterocycles. The molecule has 0 atom stereocenters. The fraction of sp³-hybridized carbons (Fsp3) is 1.00. The van der Waals surface area contributed by atoms with Gasteiger partial charge in [-0.1, -0.05) is 74.7 Å². The lowest BCUT2D eigenvalue weighted by Gasteiger charge is -2.34. The van der Waals surface area contributed by atoms with Crippen molar-refractivity contribution in [2.24, 2.45) is 0 Å². The second kappa shape index (κ2) is 37.0. The maximum absolute atomic E-state index is 2.59. The summed E-state index contributed by atoms with van der Waals surface area (Å²) in [7, 11) is 0. The summed E-state index contributed by atoms with van der Waals surface area (Å²) in [4.78, 5) is 10.1. The van der Waals surface area contributed by atoms with Crippen LogP contribution in [-0.4, -0.2) is 96.1 Å². The molecule has 4 rings (SSSR count). The van der Waals surface area contributed by atoms with Crippen molar-refractivity contribution in [3.05, 3.63) is 0 Å². The van der Waals surface area contributed by atoms with E-state index in [9.17, 15) is 0 Å². The highest BCUT2D eigenvalue weighted by Gasteiger charge is 2.15. The van der Waals surface area contributed by atoms with Crippen LogP contribution < -0.4 is 0 Å². The quantitative estimate of drug-likeness (QED) is 0.318. The monoisotopic (exact) mass is 601 g/mol. The molecule has 4 heterocycles. The molecule has 0 radical (unpaired) electrons. The van der Waals surface area contributed by atoms with E-state index in [1.54, 1.807) is 0 Å². The highest BCUT2D eigenvalue weighted by molar-refractivity contribution is 4.71. The molecule has 0 spiro atoms. The minimum absolute atomic E-state index is 0.762. The number of hydrogen-bond donors (Lipinski definition) is 0. The SMILES string of the molecule is CC.CC.CC.CC.CC(C)N1CCC1.CC(C)N1CCCC1.CC(C)N1CCCCC1.CC(C)N1CCCCCC1. The van der Waals surface area contributed by atoms with Crippen molar-refractivity contribution in [3.63, 3.8) is 0 Å². The molecule has 0 saturated carbocycles. The van der Waals surface area contributed by atoms with E-state index in [2.05, 4.69) is 75.0 Å². The molecule has 0 aromatic rings. The number of rotatable bonds is 4. The van der Waals surface area contributed by atoms with Crippen molar-refractivity contribution in [1.82, 2.24) is 19.6 Å². The highest BCUT2D eigenvalue weighted by atomic mass is 15.2. The zero-order valence-electron chi connectivity index (χ0n) is 32.8. The minimum atomic E-state index is 0.762. The number of piperidine rings is 1. The van der Waals surface area contributed by atoms with Crippen molar-refractivity contribution in [2.45, 2.75) is 199 Å². The van der Waals surface area contributed by atoms with Crippen LogP contribution in [-0.2, 0) is 0 Å². The summed E-state index contributed by atoms with van der Waals surface area (Å²) in [6.07, 6.45) is 14.2. The summed E-state index contributed by atoms with van der Waals surface area (Å²) in [5, 5.41) is 0. The zero-order chi connectivity index (χ0) is 33.3. The van der Waals surface area contributed by atoms with Gasteiger partial charge in [0.25, 0.3) is 0 Å². The Bertz CT molecular complexity index is 440. The molecule has 42 heavy (non-hydrogen) atoms. The molecule has 0 amide bonds. The topological polar surface area (TPSA) is 13.0 Å². The van der Waals surface area contributed by atoms with Gasteiger partial charge in [-0.25, -0.2) is 0 Å². The van der Waals surface area contributed by atoms with Gasteiger partial charge in [-0.2, -0.15) is 0 Å². The van der Waals surface area contributed by atoms with Crippen LogP contribution in [0.1, 0.15) is 175 Å². The molecule has 4 aliphatic rings. The largest absolute Gasteiger partial charge is 0.301 e. The van der Waals surface area contributed by atoms with Gasteiger partial charge in [0.15, 0.2) is 0 Å². The molecule has 4 saturated heterocycles. The first-order valence-electron chi connectivity index (χ1n) is 19.2. The third-order valence-corrected chi connectivity index (χ3v) is 7.98. The lowest BCUT2D eigenvalue weighted by atomic mass is 10.1. The van der Waals surface area contributed by atoms with Gasteiger partial charge >= 0.3 is 0 Å². The number of hydrogen-bond acceptors (Lipinski definition) is 4. The first-order chi connectivity index (χ1) is 20.2. The van der Waals surface area contributed by atoms with Gasteiger partial charge in [-0.3, -0.25) is 0 Å². The van der Waals surface area contributed by atoms with E-state index in [1.165, 1.54) is 117 Å². The molecule has 4 fully saturated rings. The van der Waals surface area contributed by atoms with Crippen molar-refractivity contribution >= 4 is 0 Å². The fourth-order valence-corrected chi connectivity index (χ4v) is 5.16. The average Bonchev–Trinajstić information content (AvgIpc) is 3.40. The van der Waals surface area contributed by atoms with Crippen LogP contribution >= 0.6 is 0 Å². The minimum Gasteiger partial charge on any atom is -0.301 e. The molecule has 4 aliphatic heterocycles. The van der Waals surface area contributed by atoms with Gasteiger partial charge in [-0.05, 0) is 153 Å². The normalized spacial score (nSPS) is 19.1. The van der Waals surface area contributed by atoms with E-state index >= 15 is 0 Å². The summed E-state index contributed by atoms with van der Waals surface area (Å²) in [5.41, 5.74) is 0. The maximum Gasteiger partial charge on any atom is 0.00386 e. The average molecular weight is 601 g/mol. The molecule has 4 heteroatoms. The highest BCUT2D eigenvalue weighted by Crippen LogP contribution is 2.12. The molecule has 260 valence electrons. The van der Waals surface area contributed by atoms with Crippen molar-refractivity contribution in [1.29, 1.82) is 0 Å². The predicted molar refractivity (Wildman–Crippen MR) is 198 cm³/mol. The van der Waals surface area contributed by atoms with Gasteiger partial charge in [-0.15, -0.1) is 0 Å². The second-order valence-electron chi connectivity index (χ2n) is 12.1. The predicted octanol–water partition coefficient (Wildman–Crippen LogP) is 10.8. The van der Waals surface area contributed by atoms with E-state index < -0.39 is 0 Å². The summed E-state index contributed by atoms with van der Waals surface area (Å²) < 4.78 is 0. The van der Waals surface area contributed by atoms with E-state index in [-0.39, 0.29) is 0 Å². The molecule has 0 aliphatic carbocycles. The van der Waals surface area contributed by atoms with Gasteiger partial charge < -0.3 is 19.6 Å².